The molecule has 1 saturated heterocycles. The van der Waals surface area contributed by atoms with Crippen LogP contribution in [0.5, 0.6) is 0 Å². The number of β-lactam (4-membered cyclic amide) rings is 1. The molecular formula is C16H12Cl2N2O4. The number of halogens is 2. The number of amides is 3. The molecule has 1 aromatic carbocycles. The molecule has 1 fully saturated rings. The molecule has 0 aromatic heterocycles. The molecule has 2 heterocycles. The minimum Gasteiger partial charge on any atom is -0.286 e. The van der Waals surface area contributed by atoms with Crippen LogP contribution in [0.2, 0.25) is 0 Å². The highest BCUT2D eigenvalue weighted by atomic mass is 35.5. The highest BCUT2D eigenvalue weighted by Crippen LogP contribution is 2.37. The van der Waals surface area contributed by atoms with E-state index >= 15 is 0 Å². The van der Waals surface area contributed by atoms with Crippen molar-refractivity contribution in [2.24, 2.45) is 0 Å². The standard InChI is InChI=1S/C16H12Cl2N2O4/c1-7(2)10(13(18)21)19-12(17)11(16(19)24)20-14(22)8-5-3-4-6-9(8)15(20)23/h3-6,11-12H,1-2H3/t11-,12+/m1/s1. The van der Waals surface area contributed by atoms with Crippen molar-refractivity contribution in [1.29, 1.82) is 0 Å². The molecule has 3 rings (SSSR count). The monoisotopic (exact) mass is 366 g/mol. The Bertz CT molecular complexity index is 794. The number of hydrogen-bond donors (Lipinski definition) is 0. The van der Waals surface area contributed by atoms with Crippen molar-refractivity contribution in [1.82, 2.24) is 9.80 Å². The fraction of sp³-hybridized carbons (Fsp3) is 0.250. The lowest BCUT2D eigenvalue weighted by atomic mass is 10.0. The van der Waals surface area contributed by atoms with E-state index in [1.54, 1.807) is 26.0 Å². The van der Waals surface area contributed by atoms with Crippen LogP contribution in [0.1, 0.15) is 34.6 Å². The second-order valence-electron chi connectivity index (χ2n) is 5.67. The van der Waals surface area contributed by atoms with E-state index in [4.69, 9.17) is 23.2 Å². The predicted octanol–water partition coefficient (Wildman–Crippen LogP) is 2.12. The Labute approximate surface area is 147 Å². The number of likely N-dealkylation sites (tertiary alicyclic amines) is 1. The number of nitrogens with zero attached hydrogens (tertiary/aromatic N) is 2. The summed E-state index contributed by atoms with van der Waals surface area (Å²) in [6.07, 6.45) is 0. The van der Waals surface area contributed by atoms with Crippen LogP contribution in [-0.4, -0.2) is 44.3 Å². The van der Waals surface area contributed by atoms with Crippen molar-refractivity contribution in [3.63, 3.8) is 0 Å². The van der Waals surface area contributed by atoms with Crippen LogP contribution < -0.4 is 0 Å². The van der Waals surface area contributed by atoms with Crippen LogP contribution in [0.25, 0.3) is 0 Å². The zero-order chi connectivity index (χ0) is 17.8. The van der Waals surface area contributed by atoms with E-state index in [1.165, 1.54) is 12.1 Å². The van der Waals surface area contributed by atoms with Crippen molar-refractivity contribution in [3.8, 4) is 0 Å². The lowest BCUT2D eigenvalue weighted by Gasteiger charge is -2.46. The van der Waals surface area contributed by atoms with Gasteiger partial charge in [-0.1, -0.05) is 23.7 Å². The number of allylic oxidation sites excluding steroid dienone is 2. The van der Waals surface area contributed by atoms with Gasteiger partial charge in [-0.15, -0.1) is 0 Å². The smallest absolute Gasteiger partial charge is 0.268 e. The minimum atomic E-state index is -1.16. The van der Waals surface area contributed by atoms with Gasteiger partial charge >= 0.3 is 0 Å². The average molecular weight is 367 g/mol. The van der Waals surface area contributed by atoms with Gasteiger partial charge in [0, 0.05) is 0 Å². The third-order valence-electron chi connectivity index (χ3n) is 4.00. The molecule has 0 radical (unpaired) electrons. The number of rotatable bonds is 3. The first kappa shape index (κ1) is 16.7. The normalized spacial score (nSPS) is 22.4. The average Bonchev–Trinajstić information content (AvgIpc) is 2.77. The molecule has 0 bridgehead atoms. The summed E-state index contributed by atoms with van der Waals surface area (Å²) in [5, 5.41) is -0.824. The Balaban J connectivity index is 1.94. The quantitative estimate of drug-likeness (QED) is 0.205. The van der Waals surface area contributed by atoms with Gasteiger partial charge in [-0.05, 0) is 43.2 Å². The third-order valence-corrected chi connectivity index (χ3v) is 4.61. The summed E-state index contributed by atoms with van der Waals surface area (Å²) in [4.78, 5) is 50.8. The van der Waals surface area contributed by atoms with Gasteiger partial charge < -0.3 is 0 Å². The van der Waals surface area contributed by atoms with E-state index in [2.05, 4.69) is 0 Å². The van der Waals surface area contributed by atoms with E-state index in [0.29, 0.717) is 5.57 Å². The molecule has 6 nitrogen and oxygen atoms in total. The molecule has 2 aliphatic heterocycles. The maximum Gasteiger partial charge on any atom is 0.268 e. The molecule has 0 saturated carbocycles. The van der Waals surface area contributed by atoms with Crippen LogP contribution in [-0.2, 0) is 9.59 Å². The third kappa shape index (κ3) is 2.17. The zero-order valence-corrected chi connectivity index (χ0v) is 14.3. The zero-order valence-electron chi connectivity index (χ0n) is 12.7. The van der Waals surface area contributed by atoms with E-state index in [-0.39, 0.29) is 16.8 Å². The number of alkyl halides is 1. The first-order valence-electron chi connectivity index (χ1n) is 7.08. The Kier molecular flexibility index (Phi) is 3.97. The molecule has 8 heteroatoms. The van der Waals surface area contributed by atoms with E-state index in [9.17, 15) is 19.2 Å². The number of carbonyl (C=O) groups is 4. The maximum absolute atomic E-state index is 12.5. The highest BCUT2D eigenvalue weighted by molar-refractivity contribution is 6.68. The van der Waals surface area contributed by atoms with Crippen molar-refractivity contribution < 1.29 is 19.2 Å². The SMILES string of the molecule is CC(C)=C(C(=O)Cl)N1C(=O)[C@H](N2C(=O)c3ccccc3C2=O)[C@H]1Cl. The molecule has 0 N–H and O–H groups in total. The number of fused-ring (bicyclic) bond motifs is 1. The van der Waals surface area contributed by atoms with Crippen molar-refractivity contribution >= 4 is 46.2 Å². The molecular weight excluding hydrogens is 355 g/mol. The summed E-state index contributed by atoms with van der Waals surface area (Å²) in [6, 6.07) is 5.14. The first-order valence-corrected chi connectivity index (χ1v) is 7.90. The van der Waals surface area contributed by atoms with E-state index < -0.39 is 34.5 Å². The minimum absolute atomic E-state index is 0.0328. The largest absolute Gasteiger partial charge is 0.286 e. The van der Waals surface area contributed by atoms with Gasteiger partial charge in [-0.2, -0.15) is 0 Å². The van der Waals surface area contributed by atoms with Crippen molar-refractivity contribution in [2.45, 2.75) is 25.4 Å². The molecule has 0 unspecified atom stereocenters. The molecule has 124 valence electrons. The Morgan fingerprint density at radius 3 is 1.92 bits per heavy atom. The Hall–Kier alpha value is -2.18. The summed E-state index contributed by atoms with van der Waals surface area (Å²) in [7, 11) is 0. The van der Waals surface area contributed by atoms with Gasteiger partial charge in [0.1, 0.15) is 11.2 Å². The molecule has 24 heavy (non-hydrogen) atoms. The molecule has 0 aliphatic carbocycles. The predicted molar refractivity (Wildman–Crippen MR) is 86.5 cm³/mol. The van der Waals surface area contributed by atoms with Crippen LogP contribution in [0.4, 0.5) is 0 Å². The van der Waals surface area contributed by atoms with Gasteiger partial charge in [-0.25, -0.2) is 0 Å². The van der Waals surface area contributed by atoms with E-state index in [1.807, 2.05) is 0 Å². The summed E-state index contributed by atoms with van der Waals surface area (Å²) in [5.41, 5.74) is -0.112. The molecule has 3 amide bonds. The number of imide groups is 1. The Morgan fingerprint density at radius 2 is 1.54 bits per heavy atom. The lowest BCUT2D eigenvalue weighted by Crippen LogP contribution is -2.69. The summed E-state index contributed by atoms with van der Waals surface area (Å²) >= 11 is 11.7. The van der Waals surface area contributed by atoms with Gasteiger partial charge in [0.15, 0.2) is 6.04 Å². The second kappa shape index (κ2) is 5.72. The topological polar surface area (TPSA) is 74.8 Å². The number of carbonyl (C=O) groups excluding carboxylic acids is 4. The number of hydrogen-bond acceptors (Lipinski definition) is 4. The van der Waals surface area contributed by atoms with Gasteiger partial charge in [0.2, 0.25) is 0 Å². The van der Waals surface area contributed by atoms with Gasteiger partial charge in [0.25, 0.3) is 23.0 Å². The van der Waals surface area contributed by atoms with E-state index in [0.717, 1.165) is 9.80 Å². The molecule has 2 atom stereocenters. The second-order valence-corrected chi connectivity index (χ2v) is 6.46. The van der Waals surface area contributed by atoms with Crippen molar-refractivity contribution in [2.75, 3.05) is 0 Å². The molecule has 0 spiro atoms. The van der Waals surface area contributed by atoms with Crippen LogP contribution in [0, 0.1) is 0 Å². The number of benzene rings is 1. The first-order chi connectivity index (χ1) is 11.3. The lowest BCUT2D eigenvalue weighted by molar-refractivity contribution is -0.148. The Morgan fingerprint density at radius 1 is 1.04 bits per heavy atom. The summed E-state index contributed by atoms with van der Waals surface area (Å²) < 4.78 is 0. The van der Waals surface area contributed by atoms with Crippen LogP contribution >= 0.6 is 23.2 Å². The van der Waals surface area contributed by atoms with Crippen LogP contribution in [0.15, 0.2) is 35.5 Å². The highest BCUT2D eigenvalue weighted by Gasteiger charge is 2.57. The fourth-order valence-corrected chi connectivity index (χ4v) is 3.59. The maximum atomic E-state index is 12.5. The van der Waals surface area contributed by atoms with Gasteiger partial charge in [-0.3, -0.25) is 29.0 Å². The van der Waals surface area contributed by atoms with Crippen molar-refractivity contribution in [3.05, 3.63) is 46.7 Å². The molecule has 1 aromatic rings. The summed E-state index contributed by atoms with van der Waals surface area (Å²) in [6.45, 7) is 3.23. The van der Waals surface area contributed by atoms with Gasteiger partial charge in [0.05, 0.1) is 11.1 Å². The van der Waals surface area contributed by atoms with Crippen LogP contribution in [0.3, 0.4) is 0 Å². The fourth-order valence-electron chi connectivity index (χ4n) is 2.90. The molecule has 2 aliphatic rings. The summed E-state index contributed by atoms with van der Waals surface area (Å²) in [5.74, 6) is -1.76.